The van der Waals surface area contributed by atoms with Crippen molar-refractivity contribution in [3.05, 3.63) is 42.4 Å². The summed E-state index contributed by atoms with van der Waals surface area (Å²) in [5, 5.41) is 2.96. The van der Waals surface area contributed by atoms with E-state index in [0.29, 0.717) is 11.4 Å². The van der Waals surface area contributed by atoms with Gasteiger partial charge in [0, 0.05) is 24.1 Å². The highest BCUT2D eigenvalue weighted by Crippen LogP contribution is 2.18. The Morgan fingerprint density at radius 2 is 1.91 bits per heavy atom. The smallest absolute Gasteiger partial charge is 0.360 e. The highest BCUT2D eigenvalue weighted by molar-refractivity contribution is 5.95. The molecule has 0 amide bonds. The second-order valence-electron chi connectivity index (χ2n) is 4.20. The Bertz CT molecular complexity index is 718. The van der Waals surface area contributed by atoms with Gasteiger partial charge in [-0.2, -0.15) is 4.99 Å². The maximum absolute atomic E-state index is 11.7. The average Bonchev–Trinajstić information content (AvgIpc) is 2.61. The van der Waals surface area contributed by atoms with Gasteiger partial charge in [-0.25, -0.2) is 14.8 Å². The lowest BCUT2D eigenvalue weighted by Gasteiger charge is -2.09. The highest BCUT2D eigenvalue weighted by atomic mass is 16.5. The number of esters is 1. The Morgan fingerprint density at radius 3 is 2.61 bits per heavy atom. The molecule has 2 aromatic rings. The van der Waals surface area contributed by atoms with E-state index < -0.39 is 5.97 Å². The minimum atomic E-state index is -0.631. The van der Waals surface area contributed by atoms with Gasteiger partial charge < -0.3 is 19.5 Å². The number of aliphatic imine (C=N–C) groups is 1. The number of hydrogen-bond donors (Lipinski definition) is 1. The Hall–Kier alpha value is -3.16. The van der Waals surface area contributed by atoms with Crippen molar-refractivity contribution >= 4 is 23.5 Å². The van der Waals surface area contributed by atoms with Crippen LogP contribution in [0.3, 0.4) is 0 Å². The number of benzene rings is 1. The van der Waals surface area contributed by atoms with Gasteiger partial charge in [0.25, 0.3) is 6.02 Å². The van der Waals surface area contributed by atoms with E-state index >= 15 is 0 Å². The Labute approximate surface area is 133 Å². The summed E-state index contributed by atoms with van der Waals surface area (Å²) in [5.41, 5.74) is 0.699. The van der Waals surface area contributed by atoms with Gasteiger partial charge in [0.15, 0.2) is 11.5 Å². The van der Waals surface area contributed by atoms with Gasteiger partial charge in [0.1, 0.15) is 5.75 Å². The monoisotopic (exact) mass is 316 g/mol. The number of methoxy groups -OCH3 is 3. The number of aromatic nitrogens is 2. The van der Waals surface area contributed by atoms with Crippen molar-refractivity contribution in [2.45, 2.75) is 0 Å². The Morgan fingerprint density at radius 1 is 1.13 bits per heavy atom. The van der Waals surface area contributed by atoms with Crippen molar-refractivity contribution in [1.82, 2.24) is 9.97 Å². The van der Waals surface area contributed by atoms with E-state index in [4.69, 9.17) is 9.47 Å². The maximum atomic E-state index is 11.7. The van der Waals surface area contributed by atoms with Crippen molar-refractivity contribution in [2.24, 2.45) is 4.99 Å². The lowest BCUT2D eigenvalue weighted by molar-refractivity contribution is 0.0594. The Balaban J connectivity index is 2.30. The van der Waals surface area contributed by atoms with Crippen LogP contribution < -0.4 is 10.1 Å². The van der Waals surface area contributed by atoms with E-state index in [1.54, 1.807) is 13.2 Å². The van der Waals surface area contributed by atoms with Gasteiger partial charge in [-0.15, -0.1) is 0 Å². The van der Waals surface area contributed by atoms with Crippen LogP contribution in [-0.4, -0.2) is 43.3 Å². The second-order valence-corrected chi connectivity index (χ2v) is 4.20. The summed E-state index contributed by atoms with van der Waals surface area (Å²) < 4.78 is 15.0. The third-order valence-electron chi connectivity index (χ3n) is 2.78. The quantitative estimate of drug-likeness (QED) is 0.524. The number of rotatable bonds is 4. The number of nitrogens with one attached hydrogen (secondary N) is 1. The molecule has 1 aromatic carbocycles. The maximum Gasteiger partial charge on any atom is 0.360 e. The van der Waals surface area contributed by atoms with Crippen molar-refractivity contribution in [2.75, 3.05) is 26.6 Å². The summed E-state index contributed by atoms with van der Waals surface area (Å²) in [6.45, 7) is 0. The van der Waals surface area contributed by atoms with Crippen LogP contribution in [0.2, 0.25) is 0 Å². The molecule has 0 atom stereocenters. The lowest BCUT2D eigenvalue weighted by atomic mass is 10.3. The molecule has 1 aromatic heterocycles. The first kappa shape index (κ1) is 16.2. The summed E-state index contributed by atoms with van der Waals surface area (Å²) >= 11 is 0. The van der Waals surface area contributed by atoms with E-state index in [9.17, 15) is 4.79 Å². The Kier molecular flexibility index (Phi) is 5.45. The van der Waals surface area contributed by atoms with Crippen LogP contribution in [0, 0.1) is 0 Å². The first-order valence-electron chi connectivity index (χ1n) is 6.61. The van der Waals surface area contributed by atoms with Crippen LogP contribution in [0.5, 0.6) is 5.75 Å². The van der Waals surface area contributed by atoms with Gasteiger partial charge in [-0.1, -0.05) is 6.07 Å². The van der Waals surface area contributed by atoms with Gasteiger partial charge >= 0.3 is 5.97 Å². The molecule has 0 spiro atoms. The van der Waals surface area contributed by atoms with Gasteiger partial charge in [-0.05, 0) is 12.1 Å². The summed E-state index contributed by atoms with van der Waals surface area (Å²) in [6.07, 6.45) is 2.80. The van der Waals surface area contributed by atoms with Crippen LogP contribution in [0.25, 0.3) is 0 Å². The van der Waals surface area contributed by atoms with Crippen molar-refractivity contribution < 1.29 is 19.0 Å². The molecule has 0 saturated heterocycles. The van der Waals surface area contributed by atoms with Gasteiger partial charge in [-0.3, -0.25) is 0 Å². The van der Waals surface area contributed by atoms with Crippen LogP contribution in [-0.2, 0) is 9.47 Å². The SMILES string of the molecule is COC(=O)c1nccnc1N=C(Nc1cccc(OC)c1)OC. The van der Waals surface area contributed by atoms with Crippen LogP contribution in [0.4, 0.5) is 11.5 Å². The fourth-order valence-electron chi connectivity index (χ4n) is 1.70. The summed E-state index contributed by atoms with van der Waals surface area (Å²) in [5.74, 6) is 0.139. The van der Waals surface area contributed by atoms with Crippen molar-refractivity contribution in [1.29, 1.82) is 0 Å². The second kappa shape index (κ2) is 7.74. The molecular formula is C15H16N4O4. The molecule has 8 nitrogen and oxygen atoms in total. The molecule has 0 bridgehead atoms. The molecule has 0 unspecified atom stereocenters. The fourth-order valence-corrected chi connectivity index (χ4v) is 1.70. The molecule has 2 rings (SSSR count). The third kappa shape index (κ3) is 4.16. The minimum Gasteiger partial charge on any atom is -0.497 e. The van der Waals surface area contributed by atoms with E-state index in [0.717, 1.165) is 0 Å². The molecule has 8 heteroatoms. The predicted molar refractivity (Wildman–Crippen MR) is 84.1 cm³/mol. The number of hydrogen-bond acceptors (Lipinski definition) is 7. The topological polar surface area (TPSA) is 94.9 Å². The molecule has 0 aliphatic heterocycles. The molecule has 0 aliphatic carbocycles. The number of ether oxygens (including phenoxy) is 3. The van der Waals surface area contributed by atoms with E-state index in [1.165, 1.54) is 26.6 Å². The van der Waals surface area contributed by atoms with Crippen LogP contribution in [0.15, 0.2) is 41.7 Å². The molecule has 0 saturated carbocycles. The number of carbonyl (C=O) groups excluding carboxylic acids is 1. The van der Waals surface area contributed by atoms with Gasteiger partial charge in [0.2, 0.25) is 0 Å². The first-order valence-corrected chi connectivity index (χ1v) is 6.61. The molecule has 0 radical (unpaired) electrons. The zero-order chi connectivity index (χ0) is 16.7. The number of carbonyl (C=O) groups is 1. The van der Waals surface area contributed by atoms with E-state index in [2.05, 4.69) is 25.0 Å². The van der Waals surface area contributed by atoms with Crippen LogP contribution in [0.1, 0.15) is 10.5 Å². The summed E-state index contributed by atoms with van der Waals surface area (Å²) in [4.78, 5) is 23.8. The first-order chi connectivity index (χ1) is 11.2. The summed E-state index contributed by atoms with van der Waals surface area (Å²) in [6, 6.07) is 7.36. The normalized spacial score (nSPS) is 10.8. The molecule has 1 heterocycles. The highest BCUT2D eigenvalue weighted by Gasteiger charge is 2.15. The number of amidine groups is 1. The molecule has 0 fully saturated rings. The van der Waals surface area contributed by atoms with Crippen molar-refractivity contribution in [3.63, 3.8) is 0 Å². The third-order valence-corrected chi connectivity index (χ3v) is 2.78. The molecule has 120 valence electrons. The zero-order valence-electron chi connectivity index (χ0n) is 12.9. The number of nitrogens with zero attached hydrogens (tertiary/aromatic N) is 3. The fraction of sp³-hybridized carbons (Fsp3) is 0.200. The molecule has 23 heavy (non-hydrogen) atoms. The van der Waals surface area contributed by atoms with Crippen LogP contribution >= 0.6 is 0 Å². The minimum absolute atomic E-state index is 0.00278. The predicted octanol–water partition coefficient (Wildman–Crippen LogP) is 2.02. The lowest BCUT2D eigenvalue weighted by Crippen LogP contribution is -2.15. The zero-order valence-corrected chi connectivity index (χ0v) is 12.9. The molecule has 0 aliphatic rings. The number of anilines is 1. The summed E-state index contributed by atoms with van der Waals surface area (Å²) in [7, 11) is 4.28. The van der Waals surface area contributed by atoms with E-state index in [1.807, 2.05) is 18.2 Å². The van der Waals surface area contributed by atoms with Crippen molar-refractivity contribution in [3.8, 4) is 5.75 Å². The largest absolute Gasteiger partial charge is 0.497 e. The molecular weight excluding hydrogens is 300 g/mol. The average molecular weight is 316 g/mol. The molecule has 1 N–H and O–H groups in total. The van der Waals surface area contributed by atoms with E-state index in [-0.39, 0.29) is 17.5 Å². The van der Waals surface area contributed by atoms with Gasteiger partial charge in [0.05, 0.1) is 21.3 Å². The standard InChI is InChI=1S/C15H16N4O4/c1-21-11-6-4-5-10(9-11)18-15(23-3)19-13-12(14(20)22-2)16-7-8-17-13/h4-9H,1-3H3,(H,17,18,19).